The van der Waals surface area contributed by atoms with Crippen LogP contribution < -0.4 is 0 Å². The van der Waals surface area contributed by atoms with Gasteiger partial charge >= 0.3 is 0 Å². The minimum atomic E-state index is -0.0142. The third kappa shape index (κ3) is 3.70. The first-order valence-electron chi connectivity index (χ1n) is 6.97. The van der Waals surface area contributed by atoms with Crippen molar-refractivity contribution in [2.75, 3.05) is 20.3 Å². The Balaban J connectivity index is 2.21. The molecule has 1 aromatic heterocycles. The largest absolute Gasteiger partial charge is 0.383 e. The van der Waals surface area contributed by atoms with Gasteiger partial charge in [-0.1, -0.05) is 30.3 Å². The molecule has 2 aromatic rings. The molecule has 0 fully saturated rings. The number of carbonyl (C=O) groups is 1. The fourth-order valence-electron chi connectivity index (χ4n) is 2.28. The van der Waals surface area contributed by atoms with Gasteiger partial charge in [0.15, 0.2) is 0 Å². The molecule has 0 unspecified atom stereocenters. The summed E-state index contributed by atoms with van der Waals surface area (Å²) in [6.07, 6.45) is 0. The number of nitrogens with one attached hydrogen (secondary N) is 1. The molecule has 0 aliphatic rings. The Morgan fingerprint density at radius 3 is 2.57 bits per heavy atom. The highest BCUT2D eigenvalue weighted by Crippen LogP contribution is 2.15. The second-order valence-corrected chi connectivity index (χ2v) is 5.01. The minimum Gasteiger partial charge on any atom is -0.383 e. The number of hydrogen-bond donors (Lipinski definition) is 1. The van der Waals surface area contributed by atoms with Crippen LogP contribution >= 0.6 is 0 Å². The lowest BCUT2D eigenvalue weighted by Crippen LogP contribution is -2.34. The van der Waals surface area contributed by atoms with E-state index in [2.05, 4.69) is 10.2 Å². The van der Waals surface area contributed by atoms with E-state index in [0.717, 1.165) is 17.0 Å². The second kappa shape index (κ2) is 7.04. The van der Waals surface area contributed by atoms with Gasteiger partial charge in [-0.15, -0.1) is 0 Å². The Morgan fingerprint density at radius 1 is 1.29 bits per heavy atom. The van der Waals surface area contributed by atoms with Crippen molar-refractivity contribution in [2.24, 2.45) is 0 Å². The van der Waals surface area contributed by atoms with E-state index in [-0.39, 0.29) is 5.91 Å². The molecule has 0 aliphatic heterocycles. The Bertz CT molecular complexity index is 573. The molecule has 5 heteroatoms. The third-order valence-electron chi connectivity index (χ3n) is 3.41. The normalized spacial score (nSPS) is 10.6. The minimum absolute atomic E-state index is 0.0142. The van der Waals surface area contributed by atoms with E-state index in [9.17, 15) is 4.79 Å². The van der Waals surface area contributed by atoms with Gasteiger partial charge < -0.3 is 9.64 Å². The highest BCUT2D eigenvalue weighted by molar-refractivity contribution is 5.96. The molecule has 5 nitrogen and oxygen atoms in total. The van der Waals surface area contributed by atoms with Crippen LogP contribution in [-0.2, 0) is 11.3 Å². The number of aryl methyl sites for hydroxylation is 2. The average molecular weight is 287 g/mol. The van der Waals surface area contributed by atoms with Crippen LogP contribution in [0.25, 0.3) is 0 Å². The molecule has 0 bridgehead atoms. The zero-order chi connectivity index (χ0) is 15.2. The summed E-state index contributed by atoms with van der Waals surface area (Å²) in [4.78, 5) is 14.6. The maximum absolute atomic E-state index is 12.8. The Kier molecular flexibility index (Phi) is 5.11. The number of aromatic nitrogens is 2. The SMILES string of the molecule is COCCN(Cc1ccccc1)C(=O)c1c(C)n[nH]c1C. The molecular formula is C16H21N3O2. The Labute approximate surface area is 124 Å². The number of carbonyl (C=O) groups excluding carboxylic acids is 1. The van der Waals surface area contributed by atoms with Gasteiger partial charge in [0.2, 0.25) is 0 Å². The number of rotatable bonds is 6. The summed E-state index contributed by atoms with van der Waals surface area (Å²) in [5.74, 6) is -0.0142. The molecule has 0 saturated carbocycles. The van der Waals surface area contributed by atoms with Crippen molar-refractivity contribution in [2.45, 2.75) is 20.4 Å². The molecule has 1 aromatic carbocycles. The van der Waals surface area contributed by atoms with Gasteiger partial charge in [-0.05, 0) is 19.4 Å². The van der Waals surface area contributed by atoms with E-state index < -0.39 is 0 Å². The summed E-state index contributed by atoms with van der Waals surface area (Å²) >= 11 is 0. The molecule has 0 saturated heterocycles. The lowest BCUT2D eigenvalue weighted by molar-refractivity contribution is 0.0679. The van der Waals surface area contributed by atoms with E-state index in [1.165, 1.54) is 0 Å². The van der Waals surface area contributed by atoms with Crippen LogP contribution in [0.4, 0.5) is 0 Å². The molecule has 21 heavy (non-hydrogen) atoms. The number of hydrogen-bond acceptors (Lipinski definition) is 3. The zero-order valence-electron chi connectivity index (χ0n) is 12.7. The highest BCUT2D eigenvalue weighted by Gasteiger charge is 2.21. The molecule has 1 heterocycles. The lowest BCUT2D eigenvalue weighted by Gasteiger charge is -2.22. The number of H-pyrrole nitrogens is 1. The first kappa shape index (κ1) is 15.3. The number of aromatic amines is 1. The molecule has 0 aliphatic carbocycles. The van der Waals surface area contributed by atoms with E-state index in [1.807, 2.05) is 44.2 Å². The Hall–Kier alpha value is -2.14. The monoisotopic (exact) mass is 287 g/mol. The smallest absolute Gasteiger partial charge is 0.257 e. The maximum atomic E-state index is 12.8. The van der Waals surface area contributed by atoms with E-state index in [1.54, 1.807) is 12.0 Å². The molecule has 0 spiro atoms. The summed E-state index contributed by atoms with van der Waals surface area (Å²) < 4.78 is 5.12. The van der Waals surface area contributed by atoms with Gasteiger partial charge in [0, 0.05) is 25.9 Å². The van der Waals surface area contributed by atoms with Gasteiger partial charge in [0.05, 0.1) is 17.9 Å². The van der Waals surface area contributed by atoms with Crippen LogP contribution in [-0.4, -0.2) is 41.3 Å². The third-order valence-corrected chi connectivity index (χ3v) is 3.41. The number of ether oxygens (including phenoxy) is 1. The van der Waals surface area contributed by atoms with Crippen LogP contribution in [0.5, 0.6) is 0 Å². The van der Waals surface area contributed by atoms with Gasteiger partial charge in [0.25, 0.3) is 5.91 Å². The second-order valence-electron chi connectivity index (χ2n) is 5.01. The lowest BCUT2D eigenvalue weighted by atomic mass is 10.1. The van der Waals surface area contributed by atoms with Crippen LogP contribution in [0.2, 0.25) is 0 Å². The van der Waals surface area contributed by atoms with Crippen molar-refractivity contribution in [3.05, 3.63) is 52.8 Å². The van der Waals surface area contributed by atoms with Gasteiger partial charge in [0.1, 0.15) is 0 Å². The zero-order valence-corrected chi connectivity index (χ0v) is 12.7. The van der Waals surface area contributed by atoms with Crippen molar-refractivity contribution < 1.29 is 9.53 Å². The molecule has 1 N–H and O–H groups in total. The van der Waals surface area contributed by atoms with Crippen molar-refractivity contribution in [3.8, 4) is 0 Å². The van der Waals surface area contributed by atoms with Crippen LogP contribution in [0.15, 0.2) is 30.3 Å². The molecule has 1 amide bonds. The first-order chi connectivity index (χ1) is 10.1. The van der Waals surface area contributed by atoms with Gasteiger partial charge in [-0.2, -0.15) is 5.10 Å². The van der Waals surface area contributed by atoms with E-state index in [0.29, 0.717) is 25.3 Å². The van der Waals surface area contributed by atoms with Crippen molar-refractivity contribution >= 4 is 5.91 Å². The standard InChI is InChI=1S/C16H21N3O2/c1-12-15(13(2)18-17-12)16(20)19(9-10-21-3)11-14-7-5-4-6-8-14/h4-8H,9-11H2,1-3H3,(H,17,18). The number of amides is 1. The quantitative estimate of drug-likeness (QED) is 0.887. The highest BCUT2D eigenvalue weighted by atomic mass is 16.5. The van der Waals surface area contributed by atoms with Crippen LogP contribution in [0.1, 0.15) is 27.3 Å². The first-order valence-corrected chi connectivity index (χ1v) is 6.97. The maximum Gasteiger partial charge on any atom is 0.257 e. The van der Waals surface area contributed by atoms with Crippen molar-refractivity contribution in [3.63, 3.8) is 0 Å². The summed E-state index contributed by atoms with van der Waals surface area (Å²) in [7, 11) is 1.64. The summed E-state index contributed by atoms with van der Waals surface area (Å²) in [5.41, 5.74) is 3.28. The average Bonchev–Trinajstić information content (AvgIpc) is 2.83. The summed E-state index contributed by atoms with van der Waals surface area (Å²) in [6.45, 7) is 5.33. The summed E-state index contributed by atoms with van der Waals surface area (Å²) in [6, 6.07) is 9.95. The summed E-state index contributed by atoms with van der Waals surface area (Å²) in [5, 5.41) is 6.97. The fourth-order valence-corrected chi connectivity index (χ4v) is 2.28. The predicted molar refractivity (Wildman–Crippen MR) is 81.1 cm³/mol. The molecular weight excluding hydrogens is 266 g/mol. The van der Waals surface area contributed by atoms with Gasteiger partial charge in [-0.25, -0.2) is 0 Å². The Morgan fingerprint density at radius 2 is 2.00 bits per heavy atom. The molecule has 112 valence electrons. The van der Waals surface area contributed by atoms with E-state index >= 15 is 0 Å². The topological polar surface area (TPSA) is 58.2 Å². The van der Waals surface area contributed by atoms with Gasteiger partial charge in [-0.3, -0.25) is 9.89 Å². The molecule has 2 rings (SSSR count). The fraction of sp³-hybridized carbons (Fsp3) is 0.375. The molecule has 0 atom stereocenters. The van der Waals surface area contributed by atoms with Crippen molar-refractivity contribution in [1.29, 1.82) is 0 Å². The van der Waals surface area contributed by atoms with Crippen molar-refractivity contribution in [1.82, 2.24) is 15.1 Å². The number of nitrogens with zero attached hydrogens (tertiary/aromatic N) is 2. The van der Waals surface area contributed by atoms with E-state index in [4.69, 9.17) is 4.74 Å². The number of methoxy groups -OCH3 is 1. The molecule has 0 radical (unpaired) electrons. The van der Waals surface area contributed by atoms with Crippen LogP contribution in [0, 0.1) is 13.8 Å². The van der Waals surface area contributed by atoms with Crippen LogP contribution in [0.3, 0.4) is 0 Å². The predicted octanol–water partition coefficient (Wildman–Crippen LogP) is 2.32. The number of benzene rings is 1.